The van der Waals surface area contributed by atoms with Gasteiger partial charge in [0.1, 0.15) is 11.7 Å². The van der Waals surface area contributed by atoms with E-state index in [4.69, 9.17) is 22.3 Å². The Kier molecular flexibility index (Phi) is 4.97. The molecule has 1 heterocycles. The predicted molar refractivity (Wildman–Crippen MR) is 91.3 cm³/mol. The van der Waals surface area contributed by atoms with E-state index in [0.29, 0.717) is 16.3 Å². The number of nitrogens with one attached hydrogen (secondary N) is 2. The summed E-state index contributed by atoms with van der Waals surface area (Å²) in [5.74, 6) is -0.761. The van der Waals surface area contributed by atoms with E-state index in [-0.39, 0.29) is 17.3 Å². The monoisotopic (exact) mass is 328 g/mol. The number of hydrogen-bond acceptors (Lipinski definition) is 4. The molecule has 0 amide bonds. The van der Waals surface area contributed by atoms with E-state index >= 15 is 0 Å². The third-order valence-corrected chi connectivity index (χ3v) is 4.00. The normalized spacial score (nSPS) is 12.0. The Morgan fingerprint density at radius 3 is 2.65 bits per heavy atom. The lowest BCUT2D eigenvalue weighted by Gasteiger charge is -2.14. The Hall–Kier alpha value is -2.45. The molecule has 0 radical (unpaired) electrons. The van der Waals surface area contributed by atoms with Crippen molar-refractivity contribution in [2.45, 2.75) is 32.6 Å². The molecule has 0 fully saturated rings. The number of halogens is 1. The third-order valence-electron chi connectivity index (χ3n) is 3.60. The number of nitriles is 1. The zero-order valence-electron chi connectivity index (χ0n) is 13.1. The van der Waals surface area contributed by atoms with Gasteiger partial charge >= 0.3 is 0 Å². The maximum absolute atomic E-state index is 12.5. The van der Waals surface area contributed by atoms with Crippen LogP contribution in [0, 0.1) is 23.7 Å². The van der Waals surface area contributed by atoms with E-state index in [1.165, 1.54) is 0 Å². The van der Waals surface area contributed by atoms with Gasteiger partial charge in [-0.2, -0.15) is 5.26 Å². The molecule has 0 aliphatic rings. The van der Waals surface area contributed by atoms with Crippen molar-refractivity contribution in [2.75, 3.05) is 0 Å². The van der Waals surface area contributed by atoms with Gasteiger partial charge in [0, 0.05) is 22.4 Å². The van der Waals surface area contributed by atoms with Gasteiger partial charge in [0.2, 0.25) is 0 Å². The fraction of sp³-hybridized carbons (Fsp3) is 0.294. The number of benzene rings is 1. The summed E-state index contributed by atoms with van der Waals surface area (Å²) in [6.07, 6.45) is 0.958. The number of aryl methyl sites for hydroxylation is 1. The second kappa shape index (κ2) is 6.76. The maximum atomic E-state index is 12.5. The van der Waals surface area contributed by atoms with Gasteiger partial charge in [0.05, 0.1) is 11.8 Å². The molecule has 5 nitrogen and oxygen atoms in total. The first-order valence-corrected chi connectivity index (χ1v) is 7.57. The standard InChI is InChI=1S/C17H17ClN4O/c1-9(2)14-15(11-5-4-10(3)13(18)6-11)21-16(22-17(14)23)12(7-19)8-20/h4-7,9,12,19H,1-3H3,(H,21,22,23). The molecule has 1 unspecified atom stereocenters. The fourth-order valence-electron chi connectivity index (χ4n) is 2.32. The molecule has 118 valence electrons. The van der Waals surface area contributed by atoms with Crippen LogP contribution in [0.4, 0.5) is 0 Å². The minimum atomic E-state index is -0.886. The lowest BCUT2D eigenvalue weighted by molar-refractivity contribution is 0.813. The van der Waals surface area contributed by atoms with Gasteiger partial charge in [0.25, 0.3) is 5.56 Å². The molecular formula is C17H17ClN4O. The highest BCUT2D eigenvalue weighted by Gasteiger charge is 2.20. The minimum absolute atomic E-state index is 0.0455. The molecule has 0 saturated carbocycles. The highest BCUT2D eigenvalue weighted by atomic mass is 35.5. The van der Waals surface area contributed by atoms with E-state index in [1.807, 2.05) is 39.0 Å². The molecular weight excluding hydrogens is 312 g/mol. The van der Waals surface area contributed by atoms with Crippen molar-refractivity contribution in [1.82, 2.24) is 9.97 Å². The largest absolute Gasteiger partial charge is 0.311 e. The lowest BCUT2D eigenvalue weighted by Crippen LogP contribution is -2.21. The van der Waals surface area contributed by atoms with Gasteiger partial charge in [-0.05, 0) is 24.5 Å². The van der Waals surface area contributed by atoms with Gasteiger partial charge < -0.3 is 10.4 Å². The van der Waals surface area contributed by atoms with Crippen molar-refractivity contribution < 1.29 is 0 Å². The smallest absolute Gasteiger partial charge is 0.254 e. The number of hydrogen-bond donors (Lipinski definition) is 2. The van der Waals surface area contributed by atoms with Crippen molar-refractivity contribution in [3.05, 3.63) is 50.5 Å². The van der Waals surface area contributed by atoms with Crippen LogP contribution in [0.25, 0.3) is 11.3 Å². The van der Waals surface area contributed by atoms with Gasteiger partial charge in [0.15, 0.2) is 0 Å². The first kappa shape index (κ1) is 16.9. The summed E-state index contributed by atoms with van der Waals surface area (Å²) < 4.78 is 0. The lowest BCUT2D eigenvalue weighted by atomic mass is 9.97. The summed E-state index contributed by atoms with van der Waals surface area (Å²) in [5.41, 5.74) is 2.40. The van der Waals surface area contributed by atoms with Gasteiger partial charge in [-0.25, -0.2) is 4.98 Å². The summed E-state index contributed by atoms with van der Waals surface area (Å²) in [7, 11) is 0. The van der Waals surface area contributed by atoms with Gasteiger partial charge in [-0.3, -0.25) is 4.79 Å². The zero-order valence-corrected chi connectivity index (χ0v) is 13.9. The van der Waals surface area contributed by atoms with Crippen molar-refractivity contribution >= 4 is 17.8 Å². The van der Waals surface area contributed by atoms with Crippen molar-refractivity contribution in [2.24, 2.45) is 0 Å². The molecule has 0 saturated heterocycles. The van der Waals surface area contributed by atoms with Crippen LogP contribution < -0.4 is 5.56 Å². The van der Waals surface area contributed by atoms with Crippen LogP contribution in [0.5, 0.6) is 0 Å². The summed E-state index contributed by atoms with van der Waals surface area (Å²) in [6, 6.07) is 7.42. The molecule has 2 aromatic rings. The van der Waals surface area contributed by atoms with Crippen LogP contribution in [0.1, 0.15) is 42.6 Å². The molecule has 1 aromatic heterocycles. The second-order valence-electron chi connectivity index (χ2n) is 5.61. The summed E-state index contributed by atoms with van der Waals surface area (Å²) in [6.45, 7) is 5.71. The SMILES string of the molecule is Cc1ccc(-c2nc(C(C#N)C=N)[nH]c(=O)c2C(C)C)cc1Cl. The average molecular weight is 329 g/mol. The average Bonchev–Trinajstić information content (AvgIpc) is 2.50. The van der Waals surface area contributed by atoms with Gasteiger partial charge in [-0.15, -0.1) is 0 Å². The molecule has 6 heteroatoms. The van der Waals surface area contributed by atoms with Crippen LogP contribution in [0.15, 0.2) is 23.0 Å². The predicted octanol–water partition coefficient (Wildman–Crippen LogP) is 3.78. The zero-order chi connectivity index (χ0) is 17.1. The molecule has 0 spiro atoms. The van der Waals surface area contributed by atoms with Crippen molar-refractivity contribution in [1.29, 1.82) is 10.7 Å². The summed E-state index contributed by atoms with van der Waals surface area (Å²) in [5, 5.41) is 17.0. The molecule has 1 atom stereocenters. The second-order valence-corrected chi connectivity index (χ2v) is 6.01. The molecule has 2 rings (SSSR count). The quantitative estimate of drug-likeness (QED) is 0.836. The first-order valence-electron chi connectivity index (χ1n) is 7.19. The number of nitrogens with zero attached hydrogens (tertiary/aromatic N) is 2. The van der Waals surface area contributed by atoms with Crippen LogP contribution in [-0.2, 0) is 0 Å². The van der Waals surface area contributed by atoms with Crippen LogP contribution in [0.2, 0.25) is 5.02 Å². The molecule has 2 N–H and O–H groups in total. The van der Waals surface area contributed by atoms with Crippen LogP contribution in [-0.4, -0.2) is 16.2 Å². The fourth-order valence-corrected chi connectivity index (χ4v) is 2.50. The summed E-state index contributed by atoms with van der Waals surface area (Å²) in [4.78, 5) is 19.5. The van der Waals surface area contributed by atoms with E-state index in [2.05, 4.69) is 9.97 Å². The molecule has 1 aromatic carbocycles. The van der Waals surface area contributed by atoms with E-state index in [0.717, 1.165) is 17.3 Å². The molecule has 23 heavy (non-hydrogen) atoms. The molecule has 0 aliphatic carbocycles. The number of H-pyrrole nitrogens is 1. The topological polar surface area (TPSA) is 93.4 Å². The Labute approximate surface area is 139 Å². The Balaban J connectivity index is 2.77. The molecule has 0 aliphatic heterocycles. The van der Waals surface area contributed by atoms with E-state index < -0.39 is 5.92 Å². The Morgan fingerprint density at radius 2 is 2.13 bits per heavy atom. The Bertz CT molecular complexity index is 849. The van der Waals surface area contributed by atoms with E-state index in [1.54, 1.807) is 6.07 Å². The Morgan fingerprint density at radius 1 is 1.43 bits per heavy atom. The number of aromatic amines is 1. The number of aromatic nitrogens is 2. The first-order chi connectivity index (χ1) is 10.9. The summed E-state index contributed by atoms with van der Waals surface area (Å²) >= 11 is 6.19. The minimum Gasteiger partial charge on any atom is -0.311 e. The van der Waals surface area contributed by atoms with Crippen molar-refractivity contribution in [3.8, 4) is 17.3 Å². The number of rotatable bonds is 4. The highest BCUT2D eigenvalue weighted by Crippen LogP contribution is 2.29. The highest BCUT2D eigenvalue weighted by molar-refractivity contribution is 6.31. The van der Waals surface area contributed by atoms with E-state index in [9.17, 15) is 4.79 Å². The van der Waals surface area contributed by atoms with Crippen molar-refractivity contribution in [3.63, 3.8) is 0 Å². The molecule has 0 bridgehead atoms. The maximum Gasteiger partial charge on any atom is 0.254 e. The van der Waals surface area contributed by atoms with Crippen LogP contribution >= 0.6 is 11.6 Å². The third kappa shape index (κ3) is 3.33. The van der Waals surface area contributed by atoms with Gasteiger partial charge in [-0.1, -0.05) is 37.6 Å². The van der Waals surface area contributed by atoms with Crippen LogP contribution in [0.3, 0.4) is 0 Å².